The van der Waals surface area contributed by atoms with E-state index in [1.165, 1.54) is 15.6 Å². The van der Waals surface area contributed by atoms with E-state index >= 15 is 0 Å². The summed E-state index contributed by atoms with van der Waals surface area (Å²) in [6.07, 6.45) is 0. The van der Waals surface area contributed by atoms with Crippen LogP contribution in [0.5, 0.6) is 0 Å². The molecule has 0 atom stereocenters. The molecule has 1 N–H and O–H groups in total. The smallest absolute Gasteiger partial charge is 0.0750 e. The van der Waals surface area contributed by atoms with Crippen LogP contribution in [0, 0.1) is 6.92 Å². The van der Waals surface area contributed by atoms with Crippen LogP contribution in [0.1, 0.15) is 31.9 Å². The Balaban J connectivity index is 2.43. The molecule has 0 aliphatic carbocycles. The summed E-state index contributed by atoms with van der Waals surface area (Å²) in [4.78, 5) is 0. The van der Waals surface area contributed by atoms with E-state index in [0.29, 0.717) is 0 Å². The third kappa shape index (κ3) is 5.19. The molecule has 1 aromatic carbocycles. The van der Waals surface area contributed by atoms with Crippen LogP contribution in [0.3, 0.4) is 0 Å². The maximum Gasteiger partial charge on any atom is 0.0750 e. The van der Waals surface area contributed by atoms with E-state index in [-0.39, 0.29) is 5.60 Å². The van der Waals surface area contributed by atoms with E-state index in [1.54, 1.807) is 0 Å². The minimum Gasteiger partial charge on any atom is -0.375 e. The first-order valence-electron chi connectivity index (χ1n) is 6.04. The highest BCUT2D eigenvalue weighted by Crippen LogP contribution is 2.17. The van der Waals surface area contributed by atoms with Crippen LogP contribution in [-0.2, 0) is 11.3 Å². The summed E-state index contributed by atoms with van der Waals surface area (Å²) in [5.41, 5.74) is 2.45. The van der Waals surface area contributed by atoms with Gasteiger partial charge in [0.1, 0.15) is 0 Å². The number of nitrogens with one attached hydrogen (secondary N) is 1. The van der Waals surface area contributed by atoms with Crippen molar-refractivity contribution in [1.82, 2.24) is 5.32 Å². The number of rotatable bonds is 6. The molecule has 0 aliphatic rings. The zero-order valence-corrected chi connectivity index (χ0v) is 12.7. The summed E-state index contributed by atoms with van der Waals surface area (Å²) < 4.78 is 6.81. The van der Waals surface area contributed by atoms with Gasteiger partial charge >= 0.3 is 0 Å². The van der Waals surface area contributed by atoms with E-state index in [9.17, 15) is 0 Å². The Morgan fingerprint density at radius 1 is 1.35 bits per heavy atom. The first kappa shape index (κ1) is 14.7. The monoisotopic (exact) mass is 299 g/mol. The molecular weight excluding hydrogens is 278 g/mol. The van der Waals surface area contributed by atoms with Crippen molar-refractivity contribution in [1.29, 1.82) is 0 Å². The van der Waals surface area contributed by atoms with Crippen molar-refractivity contribution in [2.45, 2.75) is 39.8 Å². The lowest BCUT2D eigenvalue weighted by molar-refractivity contribution is -0.00897. The SMILES string of the molecule is CCOC(C)(C)CNCc1ccc(C)c(Br)c1. The van der Waals surface area contributed by atoms with Crippen LogP contribution in [0.25, 0.3) is 0 Å². The molecule has 0 aliphatic heterocycles. The zero-order chi connectivity index (χ0) is 12.9. The molecule has 96 valence electrons. The van der Waals surface area contributed by atoms with Gasteiger partial charge in [0, 0.05) is 24.2 Å². The standard InChI is InChI=1S/C14H22BrNO/c1-5-17-14(3,4)10-16-9-12-7-6-11(2)13(15)8-12/h6-8,16H,5,9-10H2,1-4H3. The van der Waals surface area contributed by atoms with Gasteiger partial charge in [0.15, 0.2) is 0 Å². The van der Waals surface area contributed by atoms with E-state index in [4.69, 9.17) is 4.74 Å². The first-order valence-corrected chi connectivity index (χ1v) is 6.83. The van der Waals surface area contributed by atoms with Crippen molar-refractivity contribution in [3.63, 3.8) is 0 Å². The van der Waals surface area contributed by atoms with Crippen LogP contribution >= 0.6 is 15.9 Å². The average molecular weight is 300 g/mol. The number of aryl methyl sites for hydroxylation is 1. The molecule has 0 amide bonds. The van der Waals surface area contributed by atoms with Crippen molar-refractivity contribution in [3.05, 3.63) is 33.8 Å². The summed E-state index contributed by atoms with van der Waals surface area (Å²) in [7, 11) is 0. The molecule has 0 aromatic heterocycles. The van der Waals surface area contributed by atoms with E-state index in [2.05, 4.69) is 60.2 Å². The lowest BCUT2D eigenvalue weighted by atomic mass is 10.1. The predicted octanol–water partition coefficient (Wildman–Crippen LogP) is 3.66. The van der Waals surface area contributed by atoms with Crippen molar-refractivity contribution in [2.24, 2.45) is 0 Å². The lowest BCUT2D eigenvalue weighted by Crippen LogP contribution is -2.37. The summed E-state index contributed by atoms with van der Waals surface area (Å²) >= 11 is 3.55. The largest absolute Gasteiger partial charge is 0.375 e. The van der Waals surface area contributed by atoms with Crippen molar-refractivity contribution >= 4 is 15.9 Å². The molecule has 0 unspecified atom stereocenters. The van der Waals surface area contributed by atoms with Crippen molar-refractivity contribution in [3.8, 4) is 0 Å². The fraction of sp³-hybridized carbons (Fsp3) is 0.571. The highest BCUT2D eigenvalue weighted by Gasteiger charge is 2.16. The molecular formula is C14H22BrNO. The van der Waals surface area contributed by atoms with Gasteiger partial charge in [0.2, 0.25) is 0 Å². The van der Waals surface area contributed by atoms with Gasteiger partial charge in [-0.05, 0) is 44.9 Å². The van der Waals surface area contributed by atoms with Crippen molar-refractivity contribution in [2.75, 3.05) is 13.2 Å². The van der Waals surface area contributed by atoms with Gasteiger partial charge in [-0.25, -0.2) is 0 Å². The maximum atomic E-state index is 5.64. The van der Waals surface area contributed by atoms with Crippen LogP contribution in [0.2, 0.25) is 0 Å². The first-order chi connectivity index (χ1) is 7.94. The summed E-state index contributed by atoms with van der Waals surface area (Å²) in [5.74, 6) is 0. The van der Waals surface area contributed by atoms with Gasteiger partial charge in [-0.15, -0.1) is 0 Å². The van der Waals surface area contributed by atoms with Gasteiger partial charge in [-0.3, -0.25) is 0 Å². The Morgan fingerprint density at radius 3 is 2.65 bits per heavy atom. The second-order valence-corrected chi connectivity index (χ2v) is 5.73. The van der Waals surface area contributed by atoms with Crippen molar-refractivity contribution < 1.29 is 4.74 Å². The Hall–Kier alpha value is -0.380. The Bertz CT molecular complexity index is 363. The van der Waals surface area contributed by atoms with E-state index < -0.39 is 0 Å². The Kier molecular flexibility index (Phi) is 5.63. The van der Waals surface area contributed by atoms with E-state index in [1.807, 2.05) is 6.92 Å². The van der Waals surface area contributed by atoms with Gasteiger partial charge < -0.3 is 10.1 Å². The molecule has 3 heteroatoms. The molecule has 1 aromatic rings. The van der Waals surface area contributed by atoms with Crippen LogP contribution in [0.15, 0.2) is 22.7 Å². The molecule has 2 nitrogen and oxygen atoms in total. The third-order valence-electron chi connectivity index (χ3n) is 2.65. The molecule has 0 radical (unpaired) electrons. The lowest BCUT2D eigenvalue weighted by Gasteiger charge is -2.25. The number of benzene rings is 1. The van der Waals surface area contributed by atoms with Crippen LogP contribution in [0.4, 0.5) is 0 Å². The summed E-state index contributed by atoms with van der Waals surface area (Å²) in [5, 5.41) is 3.43. The number of ether oxygens (including phenoxy) is 1. The summed E-state index contributed by atoms with van der Waals surface area (Å²) in [6.45, 7) is 10.8. The average Bonchev–Trinajstić information content (AvgIpc) is 2.23. The second-order valence-electron chi connectivity index (χ2n) is 4.88. The second kappa shape index (κ2) is 6.53. The molecule has 0 heterocycles. The minimum atomic E-state index is -0.101. The molecule has 0 spiro atoms. The van der Waals surface area contributed by atoms with Gasteiger partial charge in [-0.1, -0.05) is 28.1 Å². The molecule has 0 fully saturated rings. The molecule has 1 rings (SSSR count). The highest BCUT2D eigenvalue weighted by atomic mass is 79.9. The normalized spacial score (nSPS) is 11.8. The zero-order valence-electron chi connectivity index (χ0n) is 11.1. The fourth-order valence-electron chi connectivity index (χ4n) is 1.70. The minimum absolute atomic E-state index is 0.101. The highest BCUT2D eigenvalue weighted by molar-refractivity contribution is 9.10. The Morgan fingerprint density at radius 2 is 2.06 bits per heavy atom. The van der Waals surface area contributed by atoms with Crippen LogP contribution < -0.4 is 5.32 Å². The number of hydrogen-bond acceptors (Lipinski definition) is 2. The molecule has 0 bridgehead atoms. The van der Waals surface area contributed by atoms with Gasteiger partial charge in [0.25, 0.3) is 0 Å². The van der Waals surface area contributed by atoms with Crippen LogP contribution in [-0.4, -0.2) is 18.8 Å². The number of hydrogen-bond donors (Lipinski definition) is 1. The predicted molar refractivity (Wildman–Crippen MR) is 76.3 cm³/mol. The van der Waals surface area contributed by atoms with Gasteiger partial charge in [0.05, 0.1) is 5.60 Å². The molecule has 17 heavy (non-hydrogen) atoms. The molecule has 0 saturated carbocycles. The third-order valence-corrected chi connectivity index (χ3v) is 3.51. The summed E-state index contributed by atoms with van der Waals surface area (Å²) in [6, 6.07) is 6.45. The number of halogens is 1. The Labute approximate surface area is 113 Å². The molecule has 0 saturated heterocycles. The van der Waals surface area contributed by atoms with E-state index in [0.717, 1.165) is 19.7 Å². The quantitative estimate of drug-likeness (QED) is 0.865. The fourth-order valence-corrected chi connectivity index (χ4v) is 2.12. The van der Waals surface area contributed by atoms with Gasteiger partial charge in [-0.2, -0.15) is 0 Å². The maximum absolute atomic E-state index is 5.64. The topological polar surface area (TPSA) is 21.3 Å².